The first-order chi connectivity index (χ1) is 12.2. The monoisotopic (exact) mass is 362 g/mol. The number of ether oxygens (including phenoxy) is 3. The van der Waals surface area contributed by atoms with Crippen molar-refractivity contribution in [2.75, 3.05) is 37.7 Å². The number of hydrogen-bond acceptors (Lipinski definition) is 5. The molecule has 0 aliphatic carbocycles. The third-order valence-electron chi connectivity index (χ3n) is 4.68. The van der Waals surface area contributed by atoms with Crippen LogP contribution >= 0.6 is 0 Å². The van der Waals surface area contributed by atoms with Crippen LogP contribution in [0.3, 0.4) is 0 Å². The number of nitrogens with zero attached hydrogens (tertiary/aromatic N) is 2. The Kier molecular flexibility index (Phi) is 5.32. The van der Waals surface area contributed by atoms with Gasteiger partial charge in [0.05, 0.1) is 13.2 Å². The van der Waals surface area contributed by atoms with Crippen LogP contribution in [-0.4, -0.2) is 61.6 Å². The van der Waals surface area contributed by atoms with Crippen LogP contribution in [-0.2, 0) is 9.47 Å². The van der Waals surface area contributed by atoms with Crippen molar-refractivity contribution in [1.29, 1.82) is 0 Å². The summed E-state index contributed by atoms with van der Waals surface area (Å²) >= 11 is 0. The Hall–Kier alpha value is -1.95. The van der Waals surface area contributed by atoms with Crippen molar-refractivity contribution in [3.8, 4) is 5.75 Å². The number of carbonyl (C=O) groups excluding carboxylic acids is 1. The van der Waals surface area contributed by atoms with E-state index in [0.29, 0.717) is 19.8 Å². The molecule has 2 saturated heterocycles. The Bertz CT molecular complexity index is 652. The van der Waals surface area contributed by atoms with Gasteiger partial charge in [0, 0.05) is 31.4 Å². The quantitative estimate of drug-likeness (QED) is 0.826. The second-order valence-electron chi connectivity index (χ2n) is 8.20. The van der Waals surface area contributed by atoms with Crippen LogP contribution < -0.4 is 9.64 Å². The van der Waals surface area contributed by atoms with E-state index >= 15 is 0 Å². The summed E-state index contributed by atoms with van der Waals surface area (Å²) in [5.41, 5.74) is 1.82. The molecule has 0 spiro atoms. The molecule has 26 heavy (non-hydrogen) atoms. The molecule has 0 saturated carbocycles. The van der Waals surface area contributed by atoms with Crippen LogP contribution in [0, 0.1) is 6.92 Å². The third kappa shape index (κ3) is 4.41. The average molecular weight is 362 g/mol. The molecule has 2 aliphatic heterocycles. The fourth-order valence-corrected chi connectivity index (χ4v) is 3.21. The van der Waals surface area contributed by atoms with Crippen LogP contribution in [0.25, 0.3) is 0 Å². The molecule has 1 aromatic rings. The zero-order chi connectivity index (χ0) is 18.9. The topological polar surface area (TPSA) is 51.2 Å². The zero-order valence-corrected chi connectivity index (χ0v) is 16.4. The molecule has 6 heteroatoms. The summed E-state index contributed by atoms with van der Waals surface area (Å²) in [7, 11) is 0. The predicted molar refractivity (Wildman–Crippen MR) is 101 cm³/mol. The SMILES string of the molecule is Cc1cc(N2CCN(C(=O)OC(C)(C)C)[C@H](C)C2)ccc1OC1COC1. The molecule has 144 valence electrons. The van der Waals surface area contributed by atoms with Gasteiger partial charge in [-0.3, -0.25) is 0 Å². The van der Waals surface area contributed by atoms with Gasteiger partial charge in [-0.1, -0.05) is 0 Å². The first-order valence-corrected chi connectivity index (χ1v) is 9.32. The molecule has 0 N–H and O–H groups in total. The van der Waals surface area contributed by atoms with Gasteiger partial charge in [0.15, 0.2) is 0 Å². The summed E-state index contributed by atoms with van der Waals surface area (Å²) in [6.07, 6.45) is -0.0516. The van der Waals surface area contributed by atoms with Gasteiger partial charge >= 0.3 is 6.09 Å². The normalized spacial score (nSPS) is 21.3. The summed E-state index contributed by atoms with van der Waals surface area (Å²) in [6, 6.07) is 6.39. The van der Waals surface area contributed by atoms with Gasteiger partial charge in [-0.15, -0.1) is 0 Å². The molecule has 2 aliphatic rings. The van der Waals surface area contributed by atoms with Crippen LogP contribution in [0.4, 0.5) is 10.5 Å². The van der Waals surface area contributed by atoms with Crippen molar-refractivity contribution in [3.05, 3.63) is 23.8 Å². The highest BCUT2D eigenvalue weighted by atomic mass is 16.6. The number of aryl methyl sites for hydroxylation is 1. The second-order valence-corrected chi connectivity index (χ2v) is 8.20. The fourth-order valence-electron chi connectivity index (χ4n) is 3.21. The molecule has 2 fully saturated rings. The van der Waals surface area contributed by atoms with Crippen molar-refractivity contribution >= 4 is 11.8 Å². The molecule has 3 rings (SSSR count). The Morgan fingerprint density at radius 3 is 2.50 bits per heavy atom. The number of rotatable bonds is 3. The molecule has 6 nitrogen and oxygen atoms in total. The van der Waals surface area contributed by atoms with E-state index in [1.54, 1.807) is 0 Å². The van der Waals surface area contributed by atoms with Crippen molar-refractivity contribution < 1.29 is 19.0 Å². The van der Waals surface area contributed by atoms with Crippen LogP contribution in [0.15, 0.2) is 18.2 Å². The third-order valence-corrected chi connectivity index (χ3v) is 4.68. The molecule has 0 bridgehead atoms. The minimum atomic E-state index is -0.466. The first kappa shape index (κ1) is 18.8. The molecule has 2 heterocycles. The average Bonchev–Trinajstić information content (AvgIpc) is 2.50. The van der Waals surface area contributed by atoms with E-state index in [2.05, 4.69) is 30.9 Å². The summed E-state index contributed by atoms with van der Waals surface area (Å²) in [4.78, 5) is 16.5. The van der Waals surface area contributed by atoms with E-state index in [1.165, 1.54) is 0 Å². The highest BCUT2D eigenvalue weighted by molar-refractivity contribution is 5.69. The highest BCUT2D eigenvalue weighted by Gasteiger charge is 2.31. The predicted octanol–water partition coefficient (Wildman–Crippen LogP) is 3.22. The second kappa shape index (κ2) is 7.35. The molecule has 1 aromatic carbocycles. The smallest absolute Gasteiger partial charge is 0.410 e. The lowest BCUT2D eigenvalue weighted by atomic mass is 10.1. The molecular weight excluding hydrogens is 332 g/mol. The van der Waals surface area contributed by atoms with Gasteiger partial charge in [-0.2, -0.15) is 0 Å². The summed E-state index contributed by atoms with van der Waals surface area (Å²) in [5, 5.41) is 0. The Morgan fingerprint density at radius 1 is 1.23 bits per heavy atom. The minimum absolute atomic E-state index is 0.0990. The van der Waals surface area contributed by atoms with Gasteiger partial charge in [0.25, 0.3) is 0 Å². The van der Waals surface area contributed by atoms with Gasteiger partial charge in [-0.25, -0.2) is 4.79 Å². The van der Waals surface area contributed by atoms with Crippen molar-refractivity contribution in [2.24, 2.45) is 0 Å². The fraction of sp³-hybridized carbons (Fsp3) is 0.650. The molecule has 1 atom stereocenters. The van der Waals surface area contributed by atoms with Gasteiger partial charge in [0.1, 0.15) is 17.5 Å². The summed E-state index contributed by atoms with van der Waals surface area (Å²) in [5.74, 6) is 0.919. The number of amides is 1. The lowest BCUT2D eigenvalue weighted by Crippen LogP contribution is -2.55. The van der Waals surface area contributed by atoms with Gasteiger partial charge < -0.3 is 24.0 Å². The summed E-state index contributed by atoms with van der Waals surface area (Å²) in [6.45, 7) is 13.4. The highest BCUT2D eigenvalue weighted by Crippen LogP contribution is 2.28. The van der Waals surface area contributed by atoms with E-state index in [9.17, 15) is 4.79 Å². The Morgan fingerprint density at radius 2 is 1.96 bits per heavy atom. The minimum Gasteiger partial charge on any atom is -0.485 e. The standard InChI is InChI=1S/C20H30N2O4/c1-14-10-16(6-7-18(14)25-17-12-24-13-17)21-8-9-22(15(2)11-21)19(23)26-20(3,4)5/h6-7,10,15,17H,8-9,11-13H2,1-5H3/t15-/m1/s1. The molecule has 0 unspecified atom stereocenters. The number of hydrogen-bond donors (Lipinski definition) is 0. The number of benzene rings is 1. The van der Waals surface area contributed by atoms with E-state index in [0.717, 1.165) is 30.1 Å². The molecule has 0 radical (unpaired) electrons. The van der Waals surface area contributed by atoms with Crippen molar-refractivity contribution in [2.45, 2.75) is 52.4 Å². The van der Waals surface area contributed by atoms with Crippen molar-refractivity contribution in [1.82, 2.24) is 4.90 Å². The van der Waals surface area contributed by atoms with E-state index in [1.807, 2.05) is 31.7 Å². The maximum atomic E-state index is 12.4. The maximum absolute atomic E-state index is 12.4. The van der Waals surface area contributed by atoms with Gasteiger partial charge in [-0.05, 0) is 58.4 Å². The largest absolute Gasteiger partial charge is 0.485 e. The Labute approximate surface area is 156 Å². The lowest BCUT2D eigenvalue weighted by Gasteiger charge is -2.41. The molecule has 1 amide bonds. The number of anilines is 1. The maximum Gasteiger partial charge on any atom is 0.410 e. The number of piperazine rings is 1. The van der Waals surface area contributed by atoms with Gasteiger partial charge in [0.2, 0.25) is 0 Å². The van der Waals surface area contributed by atoms with Crippen LogP contribution in [0.1, 0.15) is 33.3 Å². The Balaban J connectivity index is 1.61. The molecular formula is C20H30N2O4. The van der Waals surface area contributed by atoms with Crippen molar-refractivity contribution in [3.63, 3.8) is 0 Å². The lowest BCUT2D eigenvalue weighted by molar-refractivity contribution is -0.0799. The van der Waals surface area contributed by atoms with E-state index < -0.39 is 5.60 Å². The van der Waals surface area contributed by atoms with Crippen LogP contribution in [0.2, 0.25) is 0 Å². The molecule has 0 aromatic heterocycles. The van der Waals surface area contributed by atoms with Crippen LogP contribution in [0.5, 0.6) is 5.75 Å². The van der Waals surface area contributed by atoms with E-state index in [-0.39, 0.29) is 18.2 Å². The summed E-state index contributed by atoms with van der Waals surface area (Å²) < 4.78 is 16.6. The number of carbonyl (C=O) groups is 1. The zero-order valence-electron chi connectivity index (χ0n) is 16.4. The first-order valence-electron chi connectivity index (χ1n) is 9.32. The van der Waals surface area contributed by atoms with E-state index in [4.69, 9.17) is 14.2 Å².